The second-order valence-electron chi connectivity index (χ2n) is 5.00. The molecule has 0 aromatic carbocycles. The zero-order chi connectivity index (χ0) is 17.3. The summed E-state index contributed by atoms with van der Waals surface area (Å²) in [7, 11) is 1.82. The van der Waals surface area contributed by atoms with Crippen molar-refractivity contribution in [3.05, 3.63) is 36.2 Å². The molecule has 0 radical (unpaired) electrons. The number of hydrogen-bond donors (Lipinski definition) is 1. The van der Waals surface area contributed by atoms with Crippen LogP contribution >= 0.6 is 11.6 Å². The van der Waals surface area contributed by atoms with Gasteiger partial charge in [-0.25, -0.2) is 9.97 Å². The maximum absolute atomic E-state index is 12.9. The minimum Gasteiger partial charge on any atom is -0.346 e. The molecule has 1 atom stereocenters. The van der Waals surface area contributed by atoms with Crippen LogP contribution in [-0.2, 0) is 12.4 Å². The number of aromatic nitrogens is 6. The lowest BCUT2D eigenvalue weighted by atomic mass is 10.2. The third kappa shape index (κ3) is 3.48. The molecule has 0 amide bonds. The minimum atomic E-state index is -3.72. The molecule has 0 bridgehead atoms. The zero-order valence-corrected chi connectivity index (χ0v) is 13.4. The molecule has 8 nitrogen and oxygen atoms in total. The Morgan fingerprint density at radius 1 is 1.33 bits per heavy atom. The number of nitrogens with zero attached hydrogens (tertiary/aromatic N) is 6. The summed E-state index contributed by atoms with van der Waals surface area (Å²) >= 11 is 4.82. The van der Waals surface area contributed by atoms with Gasteiger partial charge in [0, 0.05) is 25.6 Å². The second-order valence-corrected chi connectivity index (χ2v) is 5.47. The Balaban J connectivity index is 1.72. The lowest BCUT2D eigenvalue weighted by Gasteiger charge is -2.10. The van der Waals surface area contributed by atoms with Crippen molar-refractivity contribution >= 4 is 17.5 Å². The van der Waals surface area contributed by atoms with Gasteiger partial charge in [0.1, 0.15) is 0 Å². The first kappa shape index (κ1) is 16.2. The van der Waals surface area contributed by atoms with E-state index in [4.69, 9.17) is 11.6 Å². The zero-order valence-electron chi connectivity index (χ0n) is 12.6. The molecule has 126 valence electrons. The smallest absolute Gasteiger partial charge is 0.346 e. The highest BCUT2D eigenvalue weighted by Crippen LogP contribution is 2.31. The fourth-order valence-corrected chi connectivity index (χ4v) is 1.98. The van der Waals surface area contributed by atoms with E-state index in [0.717, 1.165) is 5.69 Å². The predicted molar refractivity (Wildman–Crippen MR) is 80.3 cm³/mol. The average molecular weight is 356 g/mol. The van der Waals surface area contributed by atoms with Crippen LogP contribution in [0.2, 0.25) is 0 Å². The standard InChI is InChI=1S/C13H12ClF2N7O/c1-7(9-3-4-23(2)21-9)19-12-17-5-8(6-18-12)10-20-11(24-22-10)13(14,15)16/h3-7H,1-2H3,(H,17,18,19). The molecule has 1 unspecified atom stereocenters. The molecular formula is C13H12ClF2N7O. The van der Waals surface area contributed by atoms with Crippen molar-refractivity contribution in [2.75, 3.05) is 5.32 Å². The maximum atomic E-state index is 12.9. The Bertz CT molecular complexity index is 827. The van der Waals surface area contributed by atoms with E-state index in [1.54, 1.807) is 4.68 Å². The number of anilines is 1. The molecule has 0 aliphatic carbocycles. The quantitative estimate of drug-likeness (QED) is 0.703. The van der Waals surface area contributed by atoms with Gasteiger partial charge in [-0.3, -0.25) is 4.68 Å². The van der Waals surface area contributed by atoms with Crippen molar-refractivity contribution in [3.63, 3.8) is 0 Å². The van der Waals surface area contributed by atoms with Gasteiger partial charge in [0.05, 0.1) is 17.3 Å². The third-order valence-electron chi connectivity index (χ3n) is 3.10. The maximum Gasteiger partial charge on any atom is 0.400 e. The Kier molecular flexibility index (Phi) is 4.14. The molecule has 3 aromatic heterocycles. The van der Waals surface area contributed by atoms with Gasteiger partial charge in [-0.15, -0.1) is 0 Å². The number of aryl methyl sites for hydroxylation is 1. The topological polar surface area (TPSA) is 94.5 Å². The summed E-state index contributed by atoms with van der Waals surface area (Å²) < 4.78 is 31.9. The van der Waals surface area contributed by atoms with E-state index in [9.17, 15) is 8.78 Å². The van der Waals surface area contributed by atoms with Crippen molar-refractivity contribution in [1.82, 2.24) is 29.9 Å². The van der Waals surface area contributed by atoms with Crippen LogP contribution in [-0.4, -0.2) is 29.9 Å². The van der Waals surface area contributed by atoms with E-state index in [1.807, 2.05) is 26.2 Å². The van der Waals surface area contributed by atoms with Crippen molar-refractivity contribution < 1.29 is 13.3 Å². The molecule has 24 heavy (non-hydrogen) atoms. The largest absolute Gasteiger partial charge is 0.400 e. The van der Waals surface area contributed by atoms with Crippen molar-refractivity contribution in [2.45, 2.75) is 18.3 Å². The fourth-order valence-electron chi connectivity index (χ4n) is 1.91. The van der Waals surface area contributed by atoms with Crippen LogP contribution in [0.5, 0.6) is 0 Å². The molecule has 11 heteroatoms. The van der Waals surface area contributed by atoms with Crippen LogP contribution in [0.3, 0.4) is 0 Å². The molecule has 3 aromatic rings. The number of rotatable bonds is 5. The van der Waals surface area contributed by atoms with Crippen LogP contribution in [0.1, 0.15) is 24.6 Å². The van der Waals surface area contributed by atoms with E-state index >= 15 is 0 Å². The van der Waals surface area contributed by atoms with Gasteiger partial charge in [0.25, 0.3) is 0 Å². The number of alkyl halides is 3. The molecule has 0 aliphatic heterocycles. The highest BCUT2D eigenvalue weighted by Gasteiger charge is 2.35. The number of hydrogen-bond acceptors (Lipinski definition) is 7. The highest BCUT2D eigenvalue weighted by molar-refractivity contribution is 6.21. The highest BCUT2D eigenvalue weighted by atomic mass is 35.5. The Morgan fingerprint density at radius 2 is 2.04 bits per heavy atom. The molecule has 1 N–H and O–H groups in total. The van der Waals surface area contributed by atoms with Gasteiger partial charge in [0.2, 0.25) is 11.8 Å². The molecule has 3 rings (SSSR count). The first-order valence-corrected chi connectivity index (χ1v) is 7.20. The molecule has 0 aliphatic rings. The fraction of sp³-hybridized carbons (Fsp3) is 0.308. The van der Waals surface area contributed by atoms with E-state index in [0.29, 0.717) is 11.5 Å². The first-order chi connectivity index (χ1) is 11.3. The first-order valence-electron chi connectivity index (χ1n) is 6.82. The summed E-state index contributed by atoms with van der Waals surface area (Å²) in [5.74, 6) is -0.705. The lowest BCUT2D eigenvalue weighted by Crippen LogP contribution is -2.10. The van der Waals surface area contributed by atoms with Crippen LogP contribution in [0.4, 0.5) is 14.7 Å². The molecule has 0 spiro atoms. The summed E-state index contributed by atoms with van der Waals surface area (Å²) in [5, 5.41) is 7.07. The Labute approximate surface area is 139 Å². The lowest BCUT2D eigenvalue weighted by molar-refractivity contribution is 0.0551. The Morgan fingerprint density at radius 3 is 2.58 bits per heavy atom. The average Bonchev–Trinajstić information content (AvgIpc) is 3.16. The van der Waals surface area contributed by atoms with Crippen molar-refractivity contribution in [2.24, 2.45) is 7.05 Å². The van der Waals surface area contributed by atoms with Crippen LogP contribution in [0.15, 0.2) is 29.2 Å². The van der Waals surface area contributed by atoms with Gasteiger partial charge in [-0.1, -0.05) is 5.16 Å². The van der Waals surface area contributed by atoms with Crippen LogP contribution in [0, 0.1) is 0 Å². The van der Waals surface area contributed by atoms with E-state index in [1.165, 1.54) is 12.4 Å². The normalized spacial score (nSPS) is 13.0. The molecule has 3 heterocycles. The Hall–Kier alpha value is -2.62. The molecule has 0 saturated heterocycles. The number of nitrogens with one attached hydrogen (secondary N) is 1. The van der Waals surface area contributed by atoms with E-state index in [2.05, 4.69) is 35.0 Å². The van der Waals surface area contributed by atoms with Crippen molar-refractivity contribution in [3.8, 4) is 11.4 Å². The van der Waals surface area contributed by atoms with Crippen molar-refractivity contribution in [1.29, 1.82) is 0 Å². The summed E-state index contributed by atoms with van der Waals surface area (Å²) in [5.41, 5.74) is 1.15. The minimum absolute atomic E-state index is 0.0744. The summed E-state index contributed by atoms with van der Waals surface area (Å²) in [6.45, 7) is 1.91. The molecule has 0 fully saturated rings. The predicted octanol–water partition coefficient (Wildman–Crippen LogP) is 2.72. The van der Waals surface area contributed by atoms with Crippen LogP contribution in [0.25, 0.3) is 11.4 Å². The van der Waals surface area contributed by atoms with Gasteiger partial charge in [-0.05, 0) is 24.6 Å². The monoisotopic (exact) mass is 355 g/mol. The molecule has 0 saturated carbocycles. The summed E-state index contributed by atoms with van der Waals surface area (Å²) in [6, 6.07) is 1.77. The van der Waals surface area contributed by atoms with Gasteiger partial charge < -0.3 is 9.84 Å². The summed E-state index contributed by atoms with van der Waals surface area (Å²) in [6.07, 6.45) is 4.61. The number of halogens is 3. The van der Waals surface area contributed by atoms with Gasteiger partial charge in [0.15, 0.2) is 0 Å². The second kappa shape index (κ2) is 6.11. The van der Waals surface area contributed by atoms with E-state index in [-0.39, 0.29) is 11.9 Å². The third-order valence-corrected chi connectivity index (χ3v) is 3.26. The SMILES string of the molecule is CC(Nc1ncc(-c2noc(C(F)(F)Cl)n2)cn1)c1ccn(C)n1. The van der Waals surface area contributed by atoms with Crippen LogP contribution < -0.4 is 5.32 Å². The van der Waals surface area contributed by atoms with Gasteiger partial charge in [-0.2, -0.15) is 18.9 Å². The summed E-state index contributed by atoms with van der Waals surface area (Å²) in [4.78, 5) is 11.7. The molecular weight excluding hydrogens is 344 g/mol. The van der Waals surface area contributed by atoms with E-state index < -0.39 is 11.3 Å². The van der Waals surface area contributed by atoms with Gasteiger partial charge >= 0.3 is 11.3 Å².